The van der Waals surface area contributed by atoms with E-state index in [2.05, 4.69) is 17.1 Å². The lowest BCUT2D eigenvalue weighted by Crippen LogP contribution is -2.44. The second-order valence-corrected chi connectivity index (χ2v) is 9.80. The zero-order valence-corrected chi connectivity index (χ0v) is 18.6. The van der Waals surface area contributed by atoms with Gasteiger partial charge in [-0.3, -0.25) is 4.79 Å². The molecule has 0 N–H and O–H groups in total. The summed E-state index contributed by atoms with van der Waals surface area (Å²) in [5, 5.41) is 8.38. The Balaban J connectivity index is 1.46. The average molecular weight is 440 g/mol. The van der Waals surface area contributed by atoms with Crippen molar-refractivity contribution >= 4 is 40.8 Å². The van der Waals surface area contributed by atoms with Gasteiger partial charge in [0.25, 0.3) is 0 Å². The number of fused-ring (bicyclic) bond motifs is 1. The van der Waals surface area contributed by atoms with Gasteiger partial charge in [-0.1, -0.05) is 60.3 Å². The fraction of sp³-hybridized carbons (Fsp3) is 0.526. The number of thioether (sulfide) groups is 2. The Labute approximate surface area is 178 Å². The van der Waals surface area contributed by atoms with Crippen molar-refractivity contribution in [2.24, 2.45) is 0 Å². The molecule has 0 aliphatic carbocycles. The normalized spacial score (nSPS) is 15.4. The summed E-state index contributed by atoms with van der Waals surface area (Å²) in [5.74, 6) is 2.98. The summed E-state index contributed by atoms with van der Waals surface area (Å²) in [5.41, 5.74) is 0. The van der Waals surface area contributed by atoms with Crippen LogP contribution in [-0.2, 0) is 4.79 Å². The van der Waals surface area contributed by atoms with Gasteiger partial charge in [-0.15, -0.1) is 10.2 Å². The largest absolute Gasteiger partial charge is 0.486 e. The second-order valence-electron chi connectivity index (χ2n) is 6.25. The number of nitrogens with zero attached hydrogens (tertiary/aromatic N) is 3. The van der Waals surface area contributed by atoms with E-state index >= 15 is 0 Å². The van der Waals surface area contributed by atoms with Gasteiger partial charge >= 0.3 is 0 Å². The van der Waals surface area contributed by atoms with E-state index in [1.165, 1.54) is 24.6 Å². The zero-order chi connectivity index (χ0) is 19.8. The van der Waals surface area contributed by atoms with Gasteiger partial charge in [0, 0.05) is 12.3 Å². The van der Waals surface area contributed by atoms with E-state index in [9.17, 15) is 4.79 Å². The molecule has 6 nitrogen and oxygen atoms in total. The predicted octanol–water partition coefficient (Wildman–Crippen LogP) is 4.21. The number of carbonyl (C=O) groups excluding carboxylic acids is 1. The Morgan fingerprint density at radius 2 is 1.96 bits per heavy atom. The molecule has 1 aliphatic heterocycles. The summed E-state index contributed by atoms with van der Waals surface area (Å²) >= 11 is 4.75. The molecule has 0 saturated heterocycles. The molecule has 28 heavy (non-hydrogen) atoms. The lowest BCUT2D eigenvalue weighted by Gasteiger charge is -2.30. The highest BCUT2D eigenvalue weighted by Crippen LogP contribution is 2.31. The number of benzene rings is 1. The molecule has 1 amide bonds. The topological polar surface area (TPSA) is 64.6 Å². The van der Waals surface area contributed by atoms with Crippen molar-refractivity contribution in [3.63, 3.8) is 0 Å². The summed E-state index contributed by atoms with van der Waals surface area (Å²) in [6.07, 6.45) is 2.19. The molecule has 1 unspecified atom stereocenters. The van der Waals surface area contributed by atoms with Gasteiger partial charge < -0.3 is 14.4 Å². The molecule has 0 saturated carbocycles. The molecule has 0 fully saturated rings. The van der Waals surface area contributed by atoms with Gasteiger partial charge in [0.1, 0.15) is 6.61 Å². The Kier molecular flexibility index (Phi) is 8.29. The number of ether oxygens (including phenoxy) is 2. The number of rotatable bonds is 10. The van der Waals surface area contributed by atoms with E-state index in [-0.39, 0.29) is 12.0 Å². The van der Waals surface area contributed by atoms with Crippen molar-refractivity contribution < 1.29 is 14.3 Å². The van der Waals surface area contributed by atoms with Crippen molar-refractivity contribution in [1.82, 2.24) is 15.1 Å². The van der Waals surface area contributed by atoms with E-state index in [1.54, 1.807) is 23.1 Å². The average Bonchev–Trinajstić information content (AvgIpc) is 3.18. The number of unbranched alkanes of at least 4 members (excludes halogenated alkanes) is 1. The number of aromatic nitrogens is 2. The second kappa shape index (κ2) is 10.9. The number of hydrogen-bond donors (Lipinski definition) is 0. The van der Waals surface area contributed by atoms with Gasteiger partial charge in [0.2, 0.25) is 5.91 Å². The van der Waals surface area contributed by atoms with Gasteiger partial charge in [-0.25, -0.2) is 0 Å². The molecule has 1 atom stereocenters. The fourth-order valence-corrected chi connectivity index (χ4v) is 5.72. The number of hydrogen-bond acceptors (Lipinski definition) is 8. The molecular weight excluding hydrogens is 414 g/mol. The molecule has 3 rings (SSSR count). The number of likely N-dealkylation sites (N-methyl/N-ethyl adjacent to an activating group) is 1. The summed E-state index contributed by atoms with van der Waals surface area (Å²) in [6, 6.07) is 7.62. The van der Waals surface area contributed by atoms with Crippen LogP contribution >= 0.6 is 34.9 Å². The molecule has 1 aromatic carbocycles. The van der Waals surface area contributed by atoms with Crippen LogP contribution < -0.4 is 9.47 Å². The summed E-state index contributed by atoms with van der Waals surface area (Å²) in [7, 11) is 0. The van der Waals surface area contributed by atoms with Crippen LogP contribution in [0, 0.1) is 0 Å². The quantitative estimate of drug-likeness (QED) is 0.406. The standard InChI is InChI=1S/C19H25N3O3S3/c1-3-5-10-26-18-20-21-19(28-18)27-13-17(23)22(4-2)11-14-12-24-15-8-6-7-9-16(15)25-14/h6-9,14H,3-5,10-13H2,1-2H3. The van der Waals surface area contributed by atoms with Gasteiger partial charge in [0.05, 0.1) is 12.3 Å². The van der Waals surface area contributed by atoms with Crippen molar-refractivity contribution in [3.8, 4) is 11.5 Å². The summed E-state index contributed by atoms with van der Waals surface area (Å²) in [6.45, 7) is 5.75. The van der Waals surface area contributed by atoms with Crippen molar-refractivity contribution in [3.05, 3.63) is 24.3 Å². The maximum atomic E-state index is 12.6. The van der Waals surface area contributed by atoms with Crippen LogP contribution in [0.3, 0.4) is 0 Å². The van der Waals surface area contributed by atoms with E-state index in [0.717, 1.165) is 25.9 Å². The van der Waals surface area contributed by atoms with Crippen LogP contribution in [-0.4, -0.2) is 58.3 Å². The Morgan fingerprint density at radius 1 is 1.21 bits per heavy atom. The van der Waals surface area contributed by atoms with E-state index in [4.69, 9.17) is 9.47 Å². The molecular formula is C19H25N3O3S3. The first-order chi connectivity index (χ1) is 13.7. The van der Waals surface area contributed by atoms with Gasteiger partial charge in [-0.2, -0.15) is 0 Å². The highest BCUT2D eigenvalue weighted by Gasteiger charge is 2.25. The monoisotopic (exact) mass is 439 g/mol. The van der Waals surface area contributed by atoms with Gasteiger partial charge in [0.15, 0.2) is 26.3 Å². The Morgan fingerprint density at radius 3 is 2.71 bits per heavy atom. The van der Waals surface area contributed by atoms with Crippen molar-refractivity contribution in [1.29, 1.82) is 0 Å². The molecule has 1 aromatic heterocycles. The SMILES string of the molecule is CCCCSc1nnc(SCC(=O)N(CC)CC2COc3ccccc3O2)s1. The van der Waals surface area contributed by atoms with Crippen LogP contribution in [0.4, 0.5) is 0 Å². The van der Waals surface area contributed by atoms with Crippen LogP contribution in [0.25, 0.3) is 0 Å². The number of para-hydroxylation sites is 2. The highest BCUT2D eigenvalue weighted by molar-refractivity contribution is 8.03. The van der Waals surface area contributed by atoms with E-state index in [0.29, 0.717) is 25.4 Å². The first-order valence-corrected chi connectivity index (χ1v) is 12.2. The van der Waals surface area contributed by atoms with Crippen molar-refractivity contribution in [2.45, 2.75) is 41.5 Å². The predicted molar refractivity (Wildman–Crippen MR) is 115 cm³/mol. The van der Waals surface area contributed by atoms with Crippen molar-refractivity contribution in [2.75, 3.05) is 31.2 Å². The molecule has 9 heteroatoms. The highest BCUT2D eigenvalue weighted by atomic mass is 32.2. The third kappa shape index (κ3) is 6.02. The van der Waals surface area contributed by atoms with Crippen LogP contribution in [0.1, 0.15) is 26.7 Å². The Bertz CT molecular complexity index is 772. The number of amides is 1. The fourth-order valence-electron chi connectivity index (χ4n) is 2.64. The molecule has 0 radical (unpaired) electrons. The zero-order valence-electron chi connectivity index (χ0n) is 16.1. The Hall–Kier alpha value is -1.45. The first kappa shape index (κ1) is 21.3. The van der Waals surface area contributed by atoms with Gasteiger partial charge in [-0.05, 0) is 25.5 Å². The minimum Gasteiger partial charge on any atom is -0.486 e. The number of carbonyl (C=O) groups is 1. The molecule has 0 spiro atoms. The summed E-state index contributed by atoms with van der Waals surface area (Å²) < 4.78 is 13.5. The van der Waals surface area contributed by atoms with E-state index < -0.39 is 0 Å². The third-order valence-electron chi connectivity index (χ3n) is 4.16. The van der Waals surface area contributed by atoms with E-state index in [1.807, 2.05) is 36.1 Å². The maximum Gasteiger partial charge on any atom is 0.233 e. The smallest absolute Gasteiger partial charge is 0.233 e. The first-order valence-electron chi connectivity index (χ1n) is 9.45. The molecule has 1 aliphatic rings. The third-order valence-corrected chi connectivity index (χ3v) is 7.42. The molecule has 2 aromatic rings. The maximum absolute atomic E-state index is 12.6. The van der Waals surface area contributed by atoms with Crippen LogP contribution in [0.5, 0.6) is 11.5 Å². The molecule has 0 bridgehead atoms. The lowest BCUT2D eigenvalue weighted by atomic mass is 10.2. The van der Waals surface area contributed by atoms with Crippen LogP contribution in [0.2, 0.25) is 0 Å². The lowest BCUT2D eigenvalue weighted by molar-refractivity contribution is -0.129. The minimum atomic E-state index is -0.160. The minimum absolute atomic E-state index is 0.0744. The summed E-state index contributed by atoms with van der Waals surface area (Å²) in [4.78, 5) is 14.5. The molecule has 152 valence electrons. The molecule has 2 heterocycles. The van der Waals surface area contributed by atoms with Crippen LogP contribution in [0.15, 0.2) is 32.9 Å².